The van der Waals surface area contributed by atoms with Crippen LogP contribution in [0.25, 0.3) is 0 Å². The monoisotopic (exact) mass is 364 g/mol. The van der Waals surface area contributed by atoms with Gasteiger partial charge >= 0.3 is 5.97 Å². The summed E-state index contributed by atoms with van der Waals surface area (Å²) >= 11 is 0. The molecule has 0 atom stereocenters. The van der Waals surface area contributed by atoms with E-state index in [2.05, 4.69) is 13.8 Å². The van der Waals surface area contributed by atoms with Crippen LogP contribution in [0.2, 0.25) is 0 Å². The number of ether oxygens (including phenoxy) is 1. The predicted octanol–water partition coefficient (Wildman–Crippen LogP) is 4.75. The Kier molecular flexibility index (Phi) is 14.3. The molecule has 0 bridgehead atoms. The minimum atomic E-state index is -4.27. The van der Waals surface area contributed by atoms with Crippen molar-refractivity contribution < 1.29 is 22.5 Å². The highest BCUT2D eigenvalue weighted by Crippen LogP contribution is 2.13. The smallest absolute Gasteiger partial charge is 0.323 e. The summed E-state index contributed by atoms with van der Waals surface area (Å²) in [5.41, 5.74) is 0. The molecule has 144 valence electrons. The van der Waals surface area contributed by atoms with E-state index in [0.29, 0.717) is 0 Å². The summed E-state index contributed by atoms with van der Waals surface area (Å²) in [7, 11) is -4.27. The van der Waals surface area contributed by atoms with E-state index in [1.54, 1.807) is 0 Å². The maximum Gasteiger partial charge on any atom is 0.323 e. The molecule has 0 aromatic heterocycles. The summed E-state index contributed by atoms with van der Waals surface area (Å²) in [6, 6.07) is 0. The molecule has 0 spiro atoms. The van der Waals surface area contributed by atoms with Crippen LogP contribution >= 0.6 is 0 Å². The topological polar surface area (TPSA) is 80.7 Å². The van der Waals surface area contributed by atoms with Crippen LogP contribution in [0.1, 0.15) is 90.9 Å². The van der Waals surface area contributed by atoms with Crippen LogP contribution in [-0.4, -0.2) is 31.3 Å². The van der Waals surface area contributed by atoms with Gasteiger partial charge in [-0.3, -0.25) is 9.35 Å². The van der Waals surface area contributed by atoms with E-state index in [-0.39, 0.29) is 6.61 Å². The van der Waals surface area contributed by atoms with E-state index in [1.807, 2.05) is 0 Å². The number of hydrogen-bond donors (Lipinski definition) is 1. The molecule has 0 amide bonds. The molecule has 0 rings (SSSR count). The van der Waals surface area contributed by atoms with Crippen LogP contribution in [0.3, 0.4) is 0 Å². The summed E-state index contributed by atoms with van der Waals surface area (Å²) in [5.74, 6) is -1.01. The molecule has 0 radical (unpaired) electrons. The second-order valence-corrected chi connectivity index (χ2v) is 8.47. The number of hydrogen-bond acceptors (Lipinski definition) is 4. The standard InChI is InChI=1S/C18H36O5S/c1-17(2)14-12-10-8-6-4-3-5-7-9-11-13-15-23-18(19)16-24(20,21)22/h17H,3-16H2,1-2H3,(H,20,21,22). The summed E-state index contributed by atoms with van der Waals surface area (Å²) in [5, 5.41) is 0. The van der Waals surface area contributed by atoms with Gasteiger partial charge in [-0.1, -0.05) is 84.5 Å². The first-order valence-electron chi connectivity index (χ1n) is 9.42. The van der Waals surface area contributed by atoms with Crippen molar-refractivity contribution in [1.29, 1.82) is 0 Å². The van der Waals surface area contributed by atoms with Gasteiger partial charge in [0.2, 0.25) is 0 Å². The Bertz CT molecular complexity index is 404. The van der Waals surface area contributed by atoms with Crippen molar-refractivity contribution in [3.05, 3.63) is 0 Å². The average molecular weight is 365 g/mol. The predicted molar refractivity (Wildman–Crippen MR) is 97.6 cm³/mol. The van der Waals surface area contributed by atoms with Gasteiger partial charge in [-0.25, -0.2) is 0 Å². The molecule has 0 aromatic carbocycles. The minimum absolute atomic E-state index is 0.227. The number of rotatable bonds is 16. The molecular weight excluding hydrogens is 328 g/mol. The molecule has 0 aliphatic heterocycles. The molecule has 0 unspecified atom stereocenters. The van der Waals surface area contributed by atoms with E-state index in [0.717, 1.165) is 25.2 Å². The van der Waals surface area contributed by atoms with Crippen LogP contribution < -0.4 is 0 Å². The molecule has 6 heteroatoms. The van der Waals surface area contributed by atoms with E-state index in [4.69, 9.17) is 9.29 Å². The summed E-state index contributed by atoms with van der Waals surface area (Å²) < 4.78 is 34.1. The van der Waals surface area contributed by atoms with E-state index >= 15 is 0 Å². The van der Waals surface area contributed by atoms with Gasteiger partial charge < -0.3 is 4.74 Å². The number of carbonyl (C=O) groups is 1. The van der Waals surface area contributed by atoms with Crippen molar-refractivity contribution in [2.45, 2.75) is 90.9 Å². The fraction of sp³-hybridized carbons (Fsp3) is 0.944. The minimum Gasteiger partial charge on any atom is -0.465 e. The number of unbranched alkanes of at least 4 members (excludes halogenated alkanes) is 10. The fourth-order valence-electron chi connectivity index (χ4n) is 2.62. The van der Waals surface area contributed by atoms with Crippen LogP contribution in [0, 0.1) is 5.92 Å². The molecule has 0 fully saturated rings. The van der Waals surface area contributed by atoms with Gasteiger partial charge in [0.15, 0.2) is 5.75 Å². The van der Waals surface area contributed by atoms with E-state index < -0.39 is 21.8 Å². The largest absolute Gasteiger partial charge is 0.465 e. The molecule has 1 N–H and O–H groups in total. The van der Waals surface area contributed by atoms with Gasteiger partial charge in [-0.15, -0.1) is 0 Å². The van der Waals surface area contributed by atoms with Crippen molar-refractivity contribution in [3.63, 3.8) is 0 Å². The van der Waals surface area contributed by atoms with Gasteiger partial charge in [0, 0.05) is 0 Å². The lowest BCUT2D eigenvalue weighted by Gasteiger charge is -2.05. The highest BCUT2D eigenvalue weighted by molar-refractivity contribution is 7.86. The second-order valence-electron chi connectivity index (χ2n) is 7.02. The maximum atomic E-state index is 11.0. The van der Waals surface area contributed by atoms with Crippen LogP contribution in [-0.2, 0) is 19.6 Å². The lowest BCUT2D eigenvalue weighted by molar-refractivity contribution is -0.140. The quantitative estimate of drug-likeness (QED) is 0.243. The molecule has 0 aliphatic rings. The third kappa shape index (κ3) is 19.4. The third-order valence-electron chi connectivity index (χ3n) is 3.99. The first-order valence-corrected chi connectivity index (χ1v) is 11.0. The number of esters is 1. The molecular formula is C18H36O5S. The van der Waals surface area contributed by atoms with Crippen molar-refractivity contribution >= 4 is 16.1 Å². The van der Waals surface area contributed by atoms with Crippen LogP contribution in [0.5, 0.6) is 0 Å². The summed E-state index contributed by atoms with van der Waals surface area (Å²) in [4.78, 5) is 11.0. The molecule has 0 aliphatic carbocycles. The normalized spacial score (nSPS) is 11.8. The highest BCUT2D eigenvalue weighted by Gasteiger charge is 2.13. The zero-order valence-electron chi connectivity index (χ0n) is 15.5. The van der Waals surface area contributed by atoms with Gasteiger partial charge in [-0.05, 0) is 12.3 Å². The number of carbonyl (C=O) groups excluding carboxylic acids is 1. The average Bonchev–Trinajstić information content (AvgIpc) is 2.45. The van der Waals surface area contributed by atoms with E-state index in [1.165, 1.54) is 57.8 Å². The Labute approximate surface area is 148 Å². The Hall–Kier alpha value is -0.620. The zero-order chi connectivity index (χ0) is 18.3. The molecule has 0 saturated heterocycles. The molecule has 24 heavy (non-hydrogen) atoms. The molecule has 0 saturated carbocycles. The van der Waals surface area contributed by atoms with Crippen LogP contribution in [0.15, 0.2) is 0 Å². The first-order chi connectivity index (χ1) is 11.3. The van der Waals surface area contributed by atoms with Crippen LogP contribution in [0.4, 0.5) is 0 Å². The highest BCUT2D eigenvalue weighted by atomic mass is 32.2. The van der Waals surface area contributed by atoms with Gasteiger partial charge in [0.1, 0.15) is 0 Å². The maximum absolute atomic E-state index is 11.0. The summed E-state index contributed by atoms with van der Waals surface area (Å²) in [6.45, 7) is 4.79. The fourth-order valence-corrected chi connectivity index (χ4v) is 3.00. The second kappa shape index (κ2) is 14.7. The molecule has 5 nitrogen and oxygen atoms in total. The first kappa shape index (κ1) is 23.4. The Morgan fingerprint density at radius 3 is 1.67 bits per heavy atom. The van der Waals surface area contributed by atoms with Gasteiger partial charge in [0.25, 0.3) is 10.1 Å². The Balaban J connectivity index is 3.19. The van der Waals surface area contributed by atoms with Crippen molar-refractivity contribution in [1.82, 2.24) is 0 Å². The molecule has 0 heterocycles. The van der Waals surface area contributed by atoms with Crippen molar-refractivity contribution in [2.24, 2.45) is 5.92 Å². The lowest BCUT2D eigenvalue weighted by atomic mass is 10.0. The Morgan fingerprint density at radius 1 is 0.833 bits per heavy atom. The Morgan fingerprint density at radius 2 is 1.25 bits per heavy atom. The SMILES string of the molecule is CC(C)CCCCCCCCCCCCCOC(=O)CS(=O)(=O)O. The van der Waals surface area contributed by atoms with Crippen molar-refractivity contribution in [2.75, 3.05) is 12.4 Å². The summed E-state index contributed by atoms with van der Waals surface area (Å²) in [6.07, 6.45) is 14.7. The lowest BCUT2D eigenvalue weighted by Crippen LogP contribution is -2.18. The van der Waals surface area contributed by atoms with E-state index in [9.17, 15) is 13.2 Å². The van der Waals surface area contributed by atoms with Crippen molar-refractivity contribution in [3.8, 4) is 0 Å². The van der Waals surface area contributed by atoms with Gasteiger partial charge in [0.05, 0.1) is 6.61 Å². The van der Waals surface area contributed by atoms with Gasteiger partial charge in [-0.2, -0.15) is 8.42 Å². The zero-order valence-corrected chi connectivity index (χ0v) is 16.3. The third-order valence-corrected chi connectivity index (χ3v) is 4.59. The molecule has 0 aromatic rings.